The van der Waals surface area contributed by atoms with Gasteiger partial charge in [-0.1, -0.05) is 6.07 Å². The number of benzene rings is 1. The smallest absolute Gasteiger partial charge is 0.349 e. The van der Waals surface area contributed by atoms with Crippen LogP contribution in [0, 0.1) is 0 Å². The van der Waals surface area contributed by atoms with Crippen molar-refractivity contribution in [1.82, 2.24) is 10.3 Å². The molecule has 4 N–H and O–H groups in total. The van der Waals surface area contributed by atoms with Gasteiger partial charge in [0.2, 0.25) is 0 Å². The van der Waals surface area contributed by atoms with Crippen molar-refractivity contribution >= 4 is 28.8 Å². The lowest BCUT2D eigenvalue weighted by molar-refractivity contribution is -0.137. The SMILES string of the molecule is NCc1ccc(C(=O)NC2CC2)cc1NC(=O)c1ccc(-c2ncccc2C(F)(F)F)s1. The van der Waals surface area contributed by atoms with Gasteiger partial charge in [-0.2, -0.15) is 13.2 Å². The van der Waals surface area contributed by atoms with Crippen molar-refractivity contribution in [2.75, 3.05) is 5.32 Å². The first-order valence-corrected chi connectivity index (χ1v) is 10.7. The third-order valence-corrected chi connectivity index (χ3v) is 6.02. The molecule has 1 aliphatic carbocycles. The molecule has 0 saturated heterocycles. The van der Waals surface area contributed by atoms with Crippen LogP contribution in [0.4, 0.5) is 18.9 Å². The van der Waals surface area contributed by atoms with Crippen molar-refractivity contribution < 1.29 is 22.8 Å². The van der Waals surface area contributed by atoms with E-state index in [0.717, 1.165) is 30.2 Å². The van der Waals surface area contributed by atoms with E-state index in [1.165, 1.54) is 24.4 Å². The molecule has 1 fully saturated rings. The van der Waals surface area contributed by atoms with E-state index in [1.54, 1.807) is 18.2 Å². The summed E-state index contributed by atoms with van der Waals surface area (Å²) in [5.41, 5.74) is 6.05. The van der Waals surface area contributed by atoms with Crippen LogP contribution in [0.2, 0.25) is 0 Å². The fourth-order valence-corrected chi connectivity index (χ4v) is 4.02. The highest BCUT2D eigenvalue weighted by Gasteiger charge is 2.34. The Morgan fingerprint density at radius 2 is 1.91 bits per heavy atom. The summed E-state index contributed by atoms with van der Waals surface area (Å²) < 4.78 is 39.9. The molecule has 2 aromatic heterocycles. The number of alkyl halides is 3. The molecule has 0 unspecified atom stereocenters. The maximum Gasteiger partial charge on any atom is 0.418 e. The Morgan fingerprint density at radius 3 is 2.59 bits per heavy atom. The molecule has 166 valence electrons. The molecular formula is C22H19F3N4O2S. The number of nitrogens with two attached hydrogens (primary N) is 1. The monoisotopic (exact) mass is 460 g/mol. The van der Waals surface area contributed by atoms with Gasteiger partial charge in [0.1, 0.15) is 0 Å². The first-order chi connectivity index (χ1) is 15.3. The lowest BCUT2D eigenvalue weighted by atomic mass is 10.1. The fourth-order valence-electron chi connectivity index (χ4n) is 3.11. The standard InChI is InChI=1S/C22H19F3N4O2S/c23-22(24,25)15-2-1-9-27-19(15)17-7-8-18(32-17)21(31)29-16-10-12(3-4-13(16)11-26)20(30)28-14-5-6-14/h1-4,7-10,14H,5-6,11,26H2,(H,28,30)(H,29,31). The molecule has 0 atom stereocenters. The predicted molar refractivity (Wildman–Crippen MR) is 115 cm³/mol. The highest BCUT2D eigenvalue weighted by atomic mass is 32.1. The third kappa shape index (κ3) is 4.81. The second-order valence-corrected chi connectivity index (χ2v) is 8.42. The average Bonchev–Trinajstić information content (AvgIpc) is 3.44. The second-order valence-electron chi connectivity index (χ2n) is 7.34. The number of rotatable bonds is 6. The Bertz CT molecular complexity index is 1170. The number of pyridine rings is 1. The van der Waals surface area contributed by atoms with Gasteiger partial charge in [0.25, 0.3) is 11.8 Å². The summed E-state index contributed by atoms with van der Waals surface area (Å²) in [6.07, 6.45) is -1.39. The second kappa shape index (κ2) is 8.71. The zero-order valence-corrected chi connectivity index (χ0v) is 17.5. The van der Waals surface area contributed by atoms with Gasteiger partial charge < -0.3 is 16.4 Å². The van der Waals surface area contributed by atoms with Crippen LogP contribution in [-0.4, -0.2) is 22.8 Å². The maximum absolute atomic E-state index is 13.3. The lowest BCUT2D eigenvalue weighted by Gasteiger charge is -2.12. The Balaban J connectivity index is 1.57. The maximum atomic E-state index is 13.3. The van der Waals surface area contributed by atoms with E-state index in [9.17, 15) is 22.8 Å². The minimum absolute atomic E-state index is 0.138. The van der Waals surface area contributed by atoms with Crippen LogP contribution >= 0.6 is 11.3 Å². The molecule has 3 aromatic rings. The molecular weight excluding hydrogens is 441 g/mol. The Morgan fingerprint density at radius 1 is 1.12 bits per heavy atom. The van der Waals surface area contributed by atoms with E-state index in [0.29, 0.717) is 16.8 Å². The Hall–Kier alpha value is -3.24. The zero-order chi connectivity index (χ0) is 22.9. The number of carbonyl (C=O) groups excluding carboxylic acids is 2. The van der Waals surface area contributed by atoms with Crippen molar-refractivity contribution in [3.63, 3.8) is 0 Å². The number of amides is 2. The number of thiophene rings is 1. The number of halogens is 3. The molecule has 32 heavy (non-hydrogen) atoms. The van der Waals surface area contributed by atoms with Gasteiger partial charge in [-0.3, -0.25) is 14.6 Å². The average molecular weight is 460 g/mol. The molecule has 0 spiro atoms. The van der Waals surface area contributed by atoms with Gasteiger partial charge >= 0.3 is 6.18 Å². The van der Waals surface area contributed by atoms with Gasteiger partial charge in [-0.05, 0) is 54.8 Å². The van der Waals surface area contributed by atoms with Crippen molar-refractivity contribution in [2.24, 2.45) is 5.73 Å². The molecule has 10 heteroatoms. The van der Waals surface area contributed by atoms with Gasteiger partial charge in [0.15, 0.2) is 0 Å². The van der Waals surface area contributed by atoms with Crippen molar-refractivity contribution in [2.45, 2.75) is 31.6 Å². The van der Waals surface area contributed by atoms with Gasteiger partial charge in [0, 0.05) is 30.0 Å². The van der Waals surface area contributed by atoms with E-state index in [1.807, 2.05) is 0 Å². The summed E-state index contributed by atoms with van der Waals surface area (Å²) in [5, 5.41) is 5.60. The molecule has 6 nitrogen and oxygen atoms in total. The van der Waals surface area contributed by atoms with E-state index >= 15 is 0 Å². The number of aromatic nitrogens is 1. The topological polar surface area (TPSA) is 97.1 Å². The number of nitrogens with zero attached hydrogens (tertiary/aromatic N) is 1. The van der Waals surface area contributed by atoms with Crippen LogP contribution in [0.5, 0.6) is 0 Å². The molecule has 2 heterocycles. The van der Waals surface area contributed by atoms with Crippen LogP contribution < -0.4 is 16.4 Å². The molecule has 2 amide bonds. The summed E-state index contributed by atoms with van der Waals surface area (Å²) in [6.45, 7) is 0.138. The molecule has 0 aliphatic heterocycles. The number of nitrogens with one attached hydrogen (secondary N) is 2. The third-order valence-electron chi connectivity index (χ3n) is 4.93. The van der Waals surface area contributed by atoms with Crippen LogP contribution in [0.3, 0.4) is 0 Å². The molecule has 0 bridgehead atoms. The van der Waals surface area contributed by atoms with E-state index in [-0.39, 0.29) is 33.9 Å². The van der Waals surface area contributed by atoms with E-state index in [2.05, 4.69) is 15.6 Å². The number of hydrogen-bond donors (Lipinski definition) is 3. The first-order valence-electron chi connectivity index (χ1n) is 9.84. The highest BCUT2D eigenvalue weighted by Crippen LogP contribution is 2.38. The zero-order valence-electron chi connectivity index (χ0n) is 16.7. The normalized spacial score (nSPS) is 13.6. The predicted octanol–water partition coefficient (Wildman–Crippen LogP) is 4.43. The number of carbonyl (C=O) groups is 2. The molecule has 1 saturated carbocycles. The summed E-state index contributed by atoms with van der Waals surface area (Å²) in [7, 11) is 0. The Kier molecular flexibility index (Phi) is 5.98. The van der Waals surface area contributed by atoms with Crippen LogP contribution in [0.15, 0.2) is 48.7 Å². The van der Waals surface area contributed by atoms with Gasteiger partial charge in [-0.25, -0.2) is 0 Å². The minimum atomic E-state index is -4.56. The van der Waals surface area contributed by atoms with E-state index < -0.39 is 17.6 Å². The summed E-state index contributed by atoms with van der Waals surface area (Å²) in [5.74, 6) is -0.750. The van der Waals surface area contributed by atoms with Crippen LogP contribution in [-0.2, 0) is 12.7 Å². The molecule has 0 radical (unpaired) electrons. The van der Waals surface area contributed by atoms with Crippen molar-refractivity contribution in [3.8, 4) is 10.6 Å². The minimum Gasteiger partial charge on any atom is -0.349 e. The quantitative estimate of drug-likeness (QED) is 0.507. The summed E-state index contributed by atoms with van der Waals surface area (Å²) >= 11 is 0.899. The molecule has 4 rings (SSSR count). The first kappa shape index (κ1) is 22.0. The summed E-state index contributed by atoms with van der Waals surface area (Å²) in [4.78, 5) is 29.4. The van der Waals surface area contributed by atoms with Crippen LogP contribution in [0.25, 0.3) is 10.6 Å². The van der Waals surface area contributed by atoms with Crippen molar-refractivity contribution in [1.29, 1.82) is 0 Å². The van der Waals surface area contributed by atoms with Gasteiger partial charge in [0.05, 0.1) is 21.0 Å². The highest BCUT2D eigenvalue weighted by molar-refractivity contribution is 7.17. The van der Waals surface area contributed by atoms with E-state index in [4.69, 9.17) is 5.73 Å². The Labute approximate surface area is 185 Å². The molecule has 1 aliphatic rings. The van der Waals surface area contributed by atoms with Crippen LogP contribution in [0.1, 0.15) is 44.0 Å². The number of hydrogen-bond acceptors (Lipinski definition) is 5. The lowest BCUT2D eigenvalue weighted by Crippen LogP contribution is -2.25. The number of anilines is 1. The largest absolute Gasteiger partial charge is 0.418 e. The molecule has 1 aromatic carbocycles. The van der Waals surface area contributed by atoms with Crippen molar-refractivity contribution in [3.05, 3.63) is 70.2 Å². The summed E-state index contributed by atoms with van der Waals surface area (Å²) in [6, 6.07) is 10.1. The fraction of sp³-hybridized carbons (Fsp3) is 0.227. The van der Waals surface area contributed by atoms with Gasteiger partial charge in [-0.15, -0.1) is 11.3 Å².